The Kier molecular flexibility index (Phi) is 9.98. The first-order valence-corrected chi connectivity index (χ1v) is 21.3. The molecule has 2 spiro atoms. The van der Waals surface area contributed by atoms with Crippen molar-refractivity contribution < 1.29 is 62.9 Å². The van der Waals surface area contributed by atoms with E-state index in [0.29, 0.717) is 17.6 Å². The molecule has 16 atom stereocenters. The van der Waals surface area contributed by atoms with Crippen LogP contribution in [-0.4, -0.2) is 105 Å². The fraction of sp³-hybridized carbons (Fsp3) is 0.630. The standard InChI is InChI=1S/C46H56O13/c1-25(2)42-22-31(23-53-39(49)29-17-11-8-12-18-29)45-34-37(42)57-46(58-42,59-45)32(48)21-15-7-6-10-16-26(3)33-27(4)36(55-40(50)30-19-13-9-14-20-30)44(52,35(33)45)41(51)43(38(34)56-43)24-54-28(5)47/h8-9,11-14,17-20,26-27,31-38,41,48,51-52H,1,6-7,10,15-16,21-24H2,2-5H3/t26-,27+,31+,32-,33?,34?,35?,36+,37-,38+,41-,42-,43+,44-,45-,46?/m1/s1. The summed E-state index contributed by atoms with van der Waals surface area (Å²) in [5.74, 6) is -7.79. The molecule has 0 aromatic heterocycles. The molecular weight excluding hydrogens is 760 g/mol. The maximum Gasteiger partial charge on any atom is 0.338 e. The number of epoxide rings is 1. The lowest BCUT2D eigenvalue weighted by Gasteiger charge is -2.62. The fourth-order valence-corrected chi connectivity index (χ4v) is 12.6. The zero-order chi connectivity index (χ0) is 41.7. The molecule has 2 aromatic rings. The highest BCUT2D eigenvalue weighted by atomic mass is 16.9. The van der Waals surface area contributed by atoms with Crippen LogP contribution in [0.4, 0.5) is 0 Å². The molecule has 0 radical (unpaired) electrons. The number of fused-ring (bicyclic) bond motifs is 1. The van der Waals surface area contributed by atoms with Crippen molar-refractivity contribution in [3.63, 3.8) is 0 Å². The van der Waals surface area contributed by atoms with Crippen molar-refractivity contribution in [2.75, 3.05) is 13.2 Å². The number of carbonyl (C=O) groups excluding carboxylic acids is 3. The van der Waals surface area contributed by atoms with Crippen LogP contribution in [0.15, 0.2) is 72.8 Å². The maximum atomic E-state index is 14.1. The molecule has 7 aliphatic rings. The van der Waals surface area contributed by atoms with Gasteiger partial charge in [-0.25, -0.2) is 9.59 Å². The van der Waals surface area contributed by atoms with Crippen LogP contribution in [-0.2, 0) is 38.0 Å². The molecule has 4 saturated heterocycles. The number of hydrogen-bond acceptors (Lipinski definition) is 13. The van der Waals surface area contributed by atoms with Crippen LogP contribution in [0.3, 0.4) is 0 Å². The van der Waals surface area contributed by atoms with Crippen LogP contribution in [0.1, 0.15) is 93.4 Å². The van der Waals surface area contributed by atoms with E-state index < -0.39 is 113 Å². The van der Waals surface area contributed by atoms with Gasteiger partial charge in [-0.1, -0.05) is 88.9 Å². The van der Waals surface area contributed by atoms with Crippen molar-refractivity contribution in [1.82, 2.24) is 0 Å². The molecule has 4 heterocycles. The first-order valence-electron chi connectivity index (χ1n) is 21.3. The molecule has 3 bridgehead atoms. The number of benzene rings is 2. The van der Waals surface area contributed by atoms with E-state index in [1.54, 1.807) is 60.7 Å². The van der Waals surface area contributed by atoms with Gasteiger partial charge in [-0.15, -0.1) is 0 Å². The largest absolute Gasteiger partial charge is 0.463 e. The van der Waals surface area contributed by atoms with Crippen molar-refractivity contribution in [2.24, 2.45) is 35.5 Å². The predicted octanol–water partition coefficient (Wildman–Crippen LogP) is 4.90. The Labute approximate surface area is 344 Å². The summed E-state index contributed by atoms with van der Waals surface area (Å²) in [5, 5.41) is 39.4. The molecule has 318 valence electrons. The van der Waals surface area contributed by atoms with Crippen LogP contribution in [0.5, 0.6) is 0 Å². The van der Waals surface area contributed by atoms with Crippen LogP contribution < -0.4 is 0 Å². The average molecular weight is 817 g/mol. The van der Waals surface area contributed by atoms with Gasteiger partial charge in [0.2, 0.25) is 0 Å². The van der Waals surface area contributed by atoms with Gasteiger partial charge in [0.1, 0.15) is 48.3 Å². The number of rotatable bonds is 8. The Balaban J connectivity index is 1.29. The summed E-state index contributed by atoms with van der Waals surface area (Å²) in [4.78, 5) is 40.4. The second-order valence-corrected chi connectivity index (χ2v) is 18.4. The van der Waals surface area contributed by atoms with Crippen LogP contribution in [0.25, 0.3) is 0 Å². The molecule has 3 saturated carbocycles. The topological polar surface area (TPSA) is 180 Å². The van der Waals surface area contributed by atoms with Gasteiger partial charge in [0.25, 0.3) is 0 Å². The molecule has 13 nitrogen and oxygen atoms in total. The predicted molar refractivity (Wildman–Crippen MR) is 208 cm³/mol. The van der Waals surface area contributed by atoms with E-state index in [1.165, 1.54) is 6.92 Å². The number of esters is 3. The van der Waals surface area contributed by atoms with E-state index in [2.05, 4.69) is 13.5 Å². The van der Waals surface area contributed by atoms with Crippen molar-refractivity contribution in [2.45, 2.75) is 132 Å². The summed E-state index contributed by atoms with van der Waals surface area (Å²) in [7, 11) is 0. The zero-order valence-electron chi connectivity index (χ0n) is 34.1. The number of ether oxygens (including phenoxy) is 7. The van der Waals surface area contributed by atoms with Gasteiger partial charge in [-0.3, -0.25) is 4.79 Å². The van der Waals surface area contributed by atoms with E-state index in [4.69, 9.17) is 33.2 Å². The lowest BCUT2D eigenvalue weighted by atomic mass is 9.51. The van der Waals surface area contributed by atoms with Crippen molar-refractivity contribution in [3.05, 3.63) is 83.9 Å². The third kappa shape index (κ3) is 5.86. The van der Waals surface area contributed by atoms with E-state index in [1.807, 2.05) is 13.8 Å². The molecule has 0 amide bonds. The van der Waals surface area contributed by atoms with Gasteiger partial charge in [-0.05, 0) is 67.4 Å². The zero-order valence-corrected chi connectivity index (χ0v) is 34.1. The number of hydrogen-bond donors (Lipinski definition) is 3. The van der Waals surface area contributed by atoms with Crippen molar-refractivity contribution in [1.29, 1.82) is 0 Å². The quantitative estimate of drug-likeness (QED) is 0.142. The molecule has 4 unspecified atom stereocenters. The van der Waals surface area contributed by atoms with Crippen molar-refractivity contribution in [3.8, 4) is 0 Å². The van der Waals surface area contributed by atoms with E-state index in [0.717, 1.165) is 25.7 Å². The first kappa shape index (κ1) is 40.7. The van der Waals surface area contributed by atoms with Gasteiger partial charge < -0.3 is 48.5 Å². The van der Waals surface area contributed by atoms with Gasteiger partial charge in [-0.2, -0.15) is 0 Å². The highest BCUT2D eigenvalue weighted by Crippen LogP contribution is 2.76. The number of carbonyl (C=O) groups is 3. The first-order chi connectivity index (χ1) is 28.2. The summed E-state index contributed by atoms with van der Waals surface area (Å²) in [5.41, 5.74) is -5.76. The minimum absolute atomic E-state index is 0.115. The van der Waals surface area contributed by atoms with E-state index in [9.17, 15) is 29.7 Å². The lowest BCUT2D eigenvalue weighted by molar-refractivity contribution is -0.459. The highest BCUT2D eigenvalue weighted by Gasteiger charge is 2.91. The Morgan fingerprint density at radius 1 is 0.831 bits per heavy atom. The summed E-state index contributed by atoms with van der Waals surface area (Å²) in [6.07, 6.45) is -1.80. The minimum atomic E-state index is -2.32. The Bertz CT molecular complexity index is 1980. The molecule has 3 N–H and O–H groups in total. The molecule has 3 aliphatic carbocycles. The molecule has 59 heavy (non-hydrogen) atoms. The monoisotopic (exact) mass is 816 g/mol. The number of aliphatic hydroxyl groups is 3. The fourth-order valence-electron chi connectivity index (χ4n) is 12.6. The average Bonchev–Trinajstić information content (AvgIpc) is 3.85. The summed E-state index contributed by atoms with van der Waals surface area (Å²) in [6.45, 7) is 10.9. The summed E-state index contributed by atoms with van der Waals surface area (Å²) < 4.78 is 46.4. The Hall–Kier alpha value is -3.69. The summed E-state index contributed by atoms with van der Waals surface area (Å²) in [6, 6.07) is 17.1. The third-order valence-electron chi connectivity index (χ3n) is 15.2. The molecule has 7 fully saturated rings. The minimum Gasteiger partial charge on any atom is -0.463 e. The Morgan fingerprint density at radius 2 is 1.47 bits per heavy atom. The van der Waals surface area contributed by atoms with Crippen LogP contribution in [0, 0.1) is 35.5 Å². The molecule has 2 aromatic carbocycles. The van der Waals surface area contributed by atoms with Gasteiger partial charge in [0.05, 0.1) is 23.3 Å². The van der Waals surface area contributed by atoms with Gasteiger partial charge in [0.15, 0.2) is 5.60 Å². The Morgan fingerprint density at radius 3 is 2.12 bits per heavy atom. The van der Waals surface area contributed by atoms with Crippen LogP contribution in [0.2, 0.25) is 0 Å². The normalized spacial score (nSPS) is 45.4. The smallest absolute Gasteiger partial charge is 0.338 e. The summed E-state index contributed by atoms with van der Waals surface area (Å²) >= 11 is 0. The van der Waals surface area contributed by atoms with E-state index >= 15 is 0 Å². The molecule has 13 heteroatoms. The SMILES string of the molecule is C=C(C)[C@]12C[C@@H](COC(=O)c3ccccc3)[C@@]34OC5(O[C@@H]1C3[C@@H]1O[C@]1(COC(C)=O)[C@@H](O)[C@@]1(O)C4C([C@H](C)CCCCCC[C@H]5O)[C@H](C)[C@@H]1OC(=O)c1ccccc1)O2. The second kappa shape index (κ2) is 14.5. The van der Waals surface area contributed by atoms with Crippen LogP contribution >= 0.6 is 0 Å². The molecule has 9 rings (SSSR count). The lowest BCUT2D eigenvalue weighted by Crippen LogP contribution is -2.75. The second-order valence-electron chi connectivity index (χ2n) is 18.4. The van der Waals surface area contributed by atoms with Crippen molar-refractivity contribution >= 4 is 17.9 Å². The molecule has 4 aliphatic heterocycles. The van der Waals surface area contributed by atoms with Gasteiger partial charge >= 0.3 is 23.9 Å². The highest BCUT2D eigenvalue weighted by molar-refractivity contribution is 5.90. The number of aliphatic hydroxyl groups excluding tert-OH is 2. The maximum absolute atomic E-state index is 14.1. The third-order valence-corrected chi connectivity index (χ3v) is 15.2. The van der Waals surface area contributed by atoms with E-state index in [-0.39, 0.29) is 30.9 Å². The molecular formula is C46H56O13. The van der Waals surface area contributed by atoms with Gasteiger partial charge in [0, 0.05) is 24.7 Å².